The zero-order valence-electron chi connectivity index (χ0n) is 7.97. The van der Waals surface area contributed by atoms with Gasteiger partial charge in [-0.2, -0.15) is 0 Å². The second-order valence-electron chi connectivity index (χ2n) is 3.32. The molecule has 0 radical (unpaired) electrons. The van der Waals surface area contributed by atoms with E-state index in [0.717, 1.165) is 0 Å². The van der Waals surface area contributed by atoms with Crippen molar-refractivity contribution in [2.45, 2.75) is 25.2 Å². The molecular weight excluding hydrogens is 233 g/mol. The highest BCUT2D eigenvalue weighted by atomic mass is 35.5. The lowest BCUT2D eigenvalue weighted by atomic mass is 9.93. The Balaban J connectivity index is 0. The Bertz CT molecular complexity index is 147. The van der Waals surface area contributed by atoms with Crippen LogP contribution in [0.15, 0.2) is 0 Å². The van der Waals surface area contributed by atoms with E-state index in [2.05, 4.69) is 5.32 Å². The fourth-order valence-electron chi connectivity index (χ4n) is 1.63. The van der Waals surface area contributed by atoms with Gasteiger partial charge in [-0.3, -0.25) is 0 Å². The third kappa shape index (κ3) is 4.73. The van der Waals surface area contributed by atoms with Crippen LogP contribution >= 0.6 is 24.8 Å². The zero-order chi connectivity index (χ0) is 9.03. The van der Waals surface area contributed by atoms with Crippen LogP contribution in [0.1, 0.15) is 19.3 Å². The average molecular weight is 251 g/mol. The van der Waals surface area contributed by atoms with Crippen molar-refractivity contribution >= 4 is 24.8 Å². The average Bonchev–Trinajstić information content (AvgIpc) is 2.15. The van der Waals surface area contributed by atoms with Crippen LogP contribution in [0.25, 0.3) is 0 Å². The molecule has 0 aromatic rings. The molecule has 0 aromatic carbocycles. The minimum absolute atomic E-state index is 0. The van der Waals surface area contributed by atoms with E-state index in [1.807, 2.05) is 0 Å². The molecule has 0 amide bonds. The molecular formula is C8H18Cl2F2N2. The van der Waals surface area contributed by atoms with Crippen molar-refractivity contribution < 1.29 is 8.78 Å². The fraction of sp³-hybridized carbons (Fsp3) is 1.00. The number of halogens is 4. The fourth-order valence-corrected chi connectivity index (χ4v) is 1.63. The maximum absolute atomic E-state index is 13.2. The third-order valence-electron chi connectivity index (χ3n) is 2.42. The first-order valence-corrected chi connectivity index (χ1v) is 4.45. The summed E-state index contributed by atoms with van der Waals surface area (Å²) in [6.45, 7) is 1.48. The van der Waals surface area contributed by atoms with Crippen LogP contribution < -0.4 is 11.1 Å². The van der Waals surface area contributed by atoms with E-state index in [1.54, 1.807) is 0 Å². The smallest absolute Gasteiger partial charge is 0.252 e. The number of nitrogens with one attached hydrogen (secondary N) is 1. The molecule has 1 atom stereocenters. The van der Waals surface area contributed by atoms with Crippen LogP contribution in [0.3, 0.4) is 0 Å². The van der Waals surface area contributed by atoms with E-state index in [0.29, 0.717) is 32.5 Å². The summed E-state index contributed by atoms with van der Waals surface area (Å²) < 4.78 is 26.4. The molecule has 88 valence electrons. The molecule has 0 spiro atoms. The standard InChI is InChI=1S/C8H16F2N2.2ClH/c9-8(10)3-6-12-5-2-7(8)1-4-11;;/h7,12H,1-6,11H2;2*1H. The number of rotatable bonds is 2. The molecule has 1 saturated heterocycles. The van der Waals surface area contributed by atoms with E-state index in [4.69, 9.17) is 5.73 Å². The predicted molar refractivity (Wildman–Crippen MR) is 58.7 cm³/mol. The van der Waals surface area contributed by atoms with E-state index < -0.39 is 11.8 Å². The molecule has 1 fully saturated rings. The summed E-state index contributed by atoms with van der Waals surface area (Å²) in [7, 11) is 0. The Morgan fingerprint density at radius 1 is 1.29 bits per heavy atom. The van der Waals surface area contributed by atoms with Crippen molar-refractivity contribution in [1.29, 1.82) is 0 Å². The van der Waals surface area contributed by atoms with Gasteiger partial charge in [0.15, 0.2) is 0 Å². The van der Waals surface area contributed by atoms with Crippen molar-refractivity contribution in [3.05, 3.63) is 0 Å². The first-order chi connectivity index (χ1) is 5.67. The molecule has 1 rings (SSSR count). The topological polar surface area (TPSA) is 38.0 Å². The Morgan fingerprint density at radius 3 is 2.50 bits per heavy atom. The van der Waals surface area contributed by atoms with Gasteiger partial charge < -0.3 is 11.1 Å². The predicted octanol–water partition coefficient (Wildman–Crippen LogP) is 1.81. The third-order valence-corrected chi connectivity index (χ3v) is 2.42. The molecule has 1 aliphatic heterocycles. The Kier molecular flexibility index (Phi) is 9.14. The zero-order valence-corrected chi connectivity index (χ0v) is 9.60. The number of hydrogen-bond acceptors (Lipinski definition) is 2. The lowest BCUT2D eigenvalue weighted by Crippen LogP contribution is -2.29. The maximum atomic E-state index is 13.2. The van der Waals surface area contributed by atoms with Crippen molar-refractivity contribution in [3.63, 3.8) is 0 Å². The second kappa shape index (κ2) is 7.63. The molecule has 1 aliphatic rings. The quantitative estimate of drug-likeness (QED) is 0.785. The van der Waals surface area contributed by atoms with Crippen LogP contribution in [-0.2, 0) is 0 Å². The van der Waals surface area contributed by atoms with Gasteiger partial charge in [0.2, 0.25) is 0 Å². The van der Waals surface area contributed by atoms with Crippen molar-refractivity contribution in [2.75, 3.05) is 19.6 Å². The number of nitrogens with two attached hydrogens (primary N) is 1. The summed E-state index contributed by atoms with van der Waals surface area (Å²) in [6.07, 6.45) is 0.941. The summed E-state index contributed by atoms with van der Waals surface area (Å²) in [6, 6.07) is 0. The summed E-state index contributed by atoms with van der Waals surface area (Å²) in [5.74, 6) is -3.03. The number of hydrogen-bond donors (Lipinski definition) is 2. The van der Waals surface area contributed by atoms with Crippen LogP contribution in [0.2, 0.25) is 0 Å². The van der Waals surface area contributed by atoms with Gasteiger partial charge in [-0.1, -0.05) is 0 Å². The Labute approximate surface area is 95.8 Å². The van der Waals surface area contributed by atoms with Gasteiger partial charge in [0, 0.05) is 18.9 Å². The summed E-state index contributed by atoms with van der Waals surface area (Å²) in [4.78, 5) is 0. The monoisotopic (exact) mass is 250 g/mol. The highest BCUT2D eigenvalue weighted by Crippen LogP contribution is 2.33. The van der Waals surface area contributed by atoms with E-state index >= 15 is 0 Å². The van der Waals surface area contributed by atoms with Gasteiger partial charge in [-0.05, 0) is 25.9 Å². The highest BCUT2D eigenvalue weighted by Gasteiger charge is 2.39. The van der Waals surface area contributed by atoms with Gasteiger partial charge in [-0.15, -0.1) is 24.8 Å². The Morgan fingerprint density at radius 2 is 1.93 bits per heavy atom. The molecule has 6 heteroatoms. The first-order valence-electron chi connectivity index (χ1n) is 4.45. The van der Waals surface area contributed by atoms with Crippen LogP contribution in [0.4, 0.5) is 8.78 Å². The molecule has 1 heterocycles. The first kappa shape index (κ1) is 16.8. The molecule has 1 unspecified atom stereocenters. The maximum Gasteiger partial charge on any atom is 0.252 e. The number of alkyl halides is 2. The van der Waals surface area contributed by atoms with E-state index in [-0.39, 0.29) is 31.2 Å². The highest BCUT2D eigenvalue weighted by molar-refractivity contribution is 5.85. The van der Waals surface area contributed by atoms with Gasteiger partial charge in [0.05, 0.1) is 0 Å². The molecule has 2 nitrogen and oxygen atoms in total. The molecule has 0 bridgehead atoms. The van der Waals surface area contributed by atoms with E-state index in [9.17, 15) is 8.78 Å². The molecule has 14 heavy (non-hydrogen) atoms. The minimum Gasteiger partial charge on any atom is -0.330 e. The van der Waals surface area contributed by atoms with Gasteiger partial charge >= 0.3 is 0 Å². The largest absolute Gasteiger partial charge is 0.330 e. The summed E-state index contributed by atoms with van der Waals surface area (Å²) in [5.41, 5.74) is 5.28. The van der Waals surface area contributed by atoms with Crippen LogP contribution in [0, 0.1) is 5.92 Å². The lowest BCUT2D eigenvalue weighted by Gasteiger charge is -2.23. The molecule has 0 aliphatic carbocycles. The van der Waals surface area contributed by atoms with E-state index in [1.165, 1.54) is 0 Å². The Hall–Kier alpha value is 0.360. The van der Waals surface area contributed by atoms with Crippen molar-refractivity contribution in [2.24, 2.45) is 11.7 Å². The van der Waals surface area contributed by atoms with Crippen molar-refractivity contribution in [1.82, 2.24) is 5.32 Å². The van der Waals surface area contributed by atoms with Crippen molar-refractivity contribution in [3.8, 4) is 0 Å². The summed E-state index contributed by atoms with van der Waals surface area (Å²) in [5, 5.41) is 2.97. The van der Waals surface area contributed by atoms with Gasteiger partial charge in [0.25, 0.3) is 5.92 Å². The molecule has 0 saturated carbocycles. The minimum atomic E-state index is -2.51. The van der Waals surface area contributed by atoms with Crippen LogP contribution in [0.5, 0.6) is 0 Å². The molecule has 0 aromatic heterocycles. The SMILES string of the molecule is Cl.Cl.NCCC1CCNCCC1(F)F. The molecule has 3 N–H and O–H groups in total. The normalized spacial score (nSPS) is 25.5. The summed E-state index contributed by atoms with van der Waals surface area (Å²) >= 11 is 0. The lowest BCUT2D eigenvalue weighted by molar-refractivity contribution is -0.0623. The van der Waals surface area contributed by atoms with Crippen LogP contribution in [-0.4, -0.2) is 25.6 Å². The second-order valence-corrected chi connectivity index (χ2v) is 3.32. The van der Waals surface area contributed by atoms with Gasteiger partial charge in [0.1, 0.15) is 0 Å². The van der Waals surface area contributed by atoms with Gasteiger partial charge in [-0.25, -0.2) is 8.78 Å².